The van der Waals surface area contributed by atoms with E-state index in [0.717, 1.165) is 17.9 Å². The molecule has 0 aromatic heterocycles. The van der Waals surface area contributed by atoms with Crippen LogP contribution in [0.2, 0.25) is 0 Å². The Morgan fingerprint density at radius 3 is 2.85 bits per heavy atom. The smallest absolute Gasteiger partial charge is 0.122 e. The first kappa shape index (κ1) is 15.3. The van der Waals surface area contributed by atoms with Crippen LogP contribution in [0.1, 0.15) is 37.3 Å². The molecule has 1 saturated heterocycles. The van der Waals surface area contributed by atoms with Gasteiger partial charge in [0.05, 0.1) is 0 Å². The van der Waals surface area contributed by atoms with Gasteiger partial charge in [0.25, 0.3) is 0 Å². The highest BCUT2D eigenvalue weighted by atomic mass is 16.5. The quantitative estimate of drug-likeness (QED) is 0.898. The predicted octanol–water partition coefficient (Wildman–Crippen LogP) is 2.92. The van der Waals surface area contributed by atoms with Crippen molar-refractivity contribution in [3.05, 3.63) is 29.3 Å². The van der Waals surface area contributed by atoms with E-state index in [0.29, 0.717) is 19.2 Å². The number of hydrogen-bond acceptors (Lipinski definition) is 3. The van der Waals surface area contributed by atoms with Gasteiger partial charge in [-0.05, 0) is 51.8 Å². The van der Waals surface area contributed by atoms with E-state index in [-0.39, 0.29) is 0 Å². The van der Waals surface area contributed by atoms with Gasteiger partial charge in [-0.25, -0.2) is 0 Å². The maximum Gasteiger partial charge on any atom is 0.122 e. The van der Waals surface area contributed by atoms with Gasteiger partial charge in [-0.3, -0.25) is 4.90 Å². The molecule has 1 aromatic carbocycles. The van der Waals surface area contributed by atoms with E-state index in [9.17, 15) is 5.11 Å². The summed E-state index contributed by atoms with van der Waals surface area (Å²) in [5, 5.41) is 10.2. The highest BCUT2D eigenvalue weighted by Gasteiger charge is 2.21. The number of aliphatic hydroxyl groups excluding tert-OH is 1. The van der Waals surface area contributed by atoms with Crippen molar-refractivity contribution in [3.8, 4) is 5.75 Å². The molecule has 112 valence electrons. The van der Waals surface area contributed by atoms with Gasteiger partial charge >= 0.3 is 0 Å². The van der Waals surface area contributed by atoms with Crippen LogP contribution in [0.4, 0.5) is 0 Å². The minimum absolute atomic E-state index is 0.368. The number of piperidine rings is 1. The van der Waals surface area contributed by atoms with Gasteiger partial charge in [0.2, 0.25) is 0 Å². The largest absolute Gasteiger partial charge is 0.491 e. The third-order valence-corrected chi connectivity index (χ3v) is 4.15. The Labute approximate surface area is 122 Å². The number of aliphatic hydroxyl groups is 1. The number of hydrogen-bond donors (Lipinski definition) is 1. The minimum Gasteiger partial charge on any atom is -0.491 e. The summed E-state index contributed by atoms with van der Waals surface area (Å²) in [7, 11) is 0. The van der Waals surface area contributed by atoms with E-state index in [4.69, 9.17) is 4.74 Å². The summed E-state index contributed by atoms with van der Waals surface area (Å²) in [6.07, 6.45) is 3.38. The summed E-state index contributed by atoms with van der Waals surface area (Å²) in [6, 6.07) is 6.72. The normalized spacial score (nSPS) is 21.7. The Kier molecular flexibility index (Phi) is 5.44. The third-order valence-electron chi connectivity index (χ3n) is 4.15. The molecule has 1 aliphatic heterocycles. The molecule has 2 atom stereocenters. The molecular formula is C17H27NO2. The Morgan fingerprint density at radius 1 is 1.35 bits per heavy atom. The molecule has 1 aliphatic rings. The lowest BCUT2D eigenvalue weighted by Gasteiger charge is -2.34. The Morgan fingerprint density at radius 2 is 2.15 bits per heavy atom. The fraction of sp³-hybridized carbons (Fsp3) is 0.647. The van der Waals surface area contributed by atoms with Gasteiger partial charge < -0.3 is 9.84 Å². The lowest BCUT2D eigenvalue weighted by atomic mass is 10.0. The molecule has 0 spiro atoms. The van der Waals surface area contributed by atoms with Crippen molar-refractivity contribution in [1.29, 1.82) is 0 Å². The van der Waals surface area contributed by atoms with Crippen molar-refractivity contribution in [1.82, 2.24) is 4.90 Å². The number of rotatable bonds is 5. The fourth-order valence-electron chi connectivity index (χ4n) is 2.90. The molecule has 20 heavy (non-hydrogen) atoms. The zero-order valence-electron chi connectivity index (χ0n) is 12.9. The Balaban J connectivity index is 1.81. The zero-order chi connectivity index (χ0) is 14.5. The topological polar surface area (TPSA) is 32.7 Å². The van der Waals surface area contributed by atoms with Gasteiger partial charge in [-0.2, -0.15) is 0 Å². The van der Waals surface area contributed by atoms with E-state index >= 15 is 0 Å². The summed E-state index contributed by atoms with van der Waals surface area (Å²) in [5.41, 5.74) is 2.36. The minimum atomic E-state index is -0.420. The van der Waals surface area contributed by atoms with Crippen LogP contribution in [-0.2, 0) is 0 Å². The average Bonchev–Trinajstić information content (AvgIpc) is 2.40. The van der Waals surface area contributed by atoms with Crippen molar-refractivity contribution in [2.75, 3.05) is 19.7 Å². The third kappa shape index (κ3) is 4.22. The highest BCUT2D eigenvalue weighted by molar-refractivity contribution is 5.35. The maximum absolute atomic E-state index is 10.2. The molecule has 0 unspecified atom stereocenters. The molecule has 3 nitrogen and oxygen atoms in total. The number of benzene rings is 1. The van der Waals surface area contributed by atoms with Gasteiger partial charge in [0.15, 0.2) is 0 Å². The van der Waals surface area contributed by atoms with E-state index in [2.05, 4.69) is 24.8 Å². The number of likely N-dealkylation sites (tertiary alicyclic amines) is 1. The molecule has 0 amide bonds. The maximum atomic E-state index is 10.2. The summed E-state index contributed by atoms with van der Waals surface area (Å²) in [6.45, 7) is 8.54. The molecule has 3 heteroatoms. The Hall–Kier alpha value is -1.06. The lowest BCUT2D eigenvalue weighted by molar-refractivity contribution is 0.0436. The monoisotopic (exact) mass is 277 g/mol. The van der Waals surface area contributed by atoms with Gasteiger partial charge in [-0.1, -0.05) is 24.1 Å². The molecule has 0 saturated carbocycles. The molecule has 0 aliphatic carbocycles. The van der Waals surface area contributed by atoms with E-state index < -0.39 is 6.10 Å². The molecule has 1 heterocycles. The van der Waals surface area contributed by atoms with Crippen LogP contribution >= 0.6 is 0 Å². The second kappa shape index (κ2) is 7.09. The van der Waals surface area contributed by atoms with Crippen molar-refractivity contribution in [3.63, 3.8) is 0 Å². The van der Waals surface area contributed by atoms with Gasteiger partial charge in [-0.15, -0.1) is 0 Å². The summed E-state index contributed by atoms with van der Waals surface area (Å²) >= 11 is 0. The second-order valence-corrected chi connectivity index (χ2v) is 6.07. The van der Waals surface area contributed by atoms with Crippen molar-refractivity contribution < 1.29 is 9.84 Å². The second-order valence-electron chi connectivity index (χ2n) is 6.07. The lowest BCUT2D eigenvalue weighted by Crippen LogP contribution is -2.43. The summed E-state index contributed by atoms with van der Waals surface area (Å²) in [5.74, 6) is 0.876. The first-order valence-electron chi connectivity index (χ1n) is 7.68. The first-order valence-corrected chi connectivity index (χ1v) is 7.68. The van der Waals surface area contributed by atoms with Gasteiger partial charge in [0.1, 0.15) is 18.5 Å². The van der Waals surface area contributed by atoms with Crippen LogP contribution in [0.5, 0.6) is 5.75 Å². The Bertz CT molecular complexity index is 433. The van der Waals surface area contributed by atoms with Crippen LogP contribution in [0, 0.1) is 13.8 Å². The van der Waals surface area contributed by atoms with Gasteiger partial charge in [0, 0.05) is 12.6 Å². The van der Waals surface area contributed by atoms with Crippen LogP contribution in [0.3, 0.4) is 0 Å². The van der Waals surface area contributed by atoms with E-state index in [1.54, 1.807) is 0 Å². The molecule has 1 fully saturated rings. The number of nitrogens with zero attached hydrogens (tertiary/aromatic N) is 1. The standard InChI is InChI=1S/C17H27NO2/c1-13-7-8-17(14(2)10-13)20-12-16(19)11-18-9-5-4-6-15(18)3/h7-8,10,15-16,19H,4-6,9,11-12H2,1-3H3/t15-,16+/m1/s1. The SMILES string of the molecule is Cc1ccc(OC[C@@H](O)CN2CCCC[C@H]2C)c(C)c1. The number of ether oxygens (including phenoxy) is 1. The van der Waals surface area contributed by atoms with E-state index in [1.807, 2.05) is 19.1 Å². The molecular weight excluding hydrogens is 250 g/mol. The summed E-state index contributed by atoms with van der Waals surface area (Å²) < 4.78 is 5.75. The number of aryl methyl sites for hydroxylation is 2. The van der Waals surface area contributed by atoms with Crippen LogP contribution in [-0.4, -0.2) is 41.8 Å². The molecule has 0 bridgehead atoms. The fourth-order valence-corrected chi connectivity index (χ4v) is 2.90. The molecule has 1 N–H and O–H groups in total. The molecule has 1 aromatic rings. The van der Waals surface area contributed by atoms with E-state index in [1.165, 1.54) is 24.8 Å². The van der Waals surface area contributed by atoms with Crippen LogP contribution in [0.25, 0.3) is 0 Å². The highest BCUT2D eigenvalue weighted by Crippen LogP contribution is 2.20. The average molecular weight is 277 g/mol. The van der Waals surface area contributed by atoms with Crippen molar-refractivity contribution in [2.45, 2.75) is 52.2 Å². The first-order chi connectivity index (χ1) is 9.56. The van der Waals surface area contributed by atoms with Crippen molar-refractivity contribution >= 4 is 0 Å². The van der Waals surface area contributed by atoms with Crippen LogP contribution < -0.4 is 4.74 Å². The summed E-state index contributed by atoms with van der Waals surface area (Å²) in [4.78, 5) is 2.37. The number of β-amino-alcohol motifs (C(OH)–C–C–N with tert-alkyl or cyclic N) is 1. The van der Waals surface area contributed by atoms with Crippen LogP contribution in [0.15, 0.2) is 18.2 Å². The zero-order valence-corrected chi connectivity index (χ0v) is 12.9. The predicted molar refractivity (Wildman–Crippen MR) is 82.3 cm³/mol. The molecule has 2 rings (SSSR count). The van der Waals surface area contributed by atoms with Crippen molar-refractivity contribution in [2.24, 2.45) is 0 Å². The molecule has 0 radical (unpaired) electrons.